The fraction of sp³-hybridized carbons (Fsp3) is 0.950. The van der Waals surface area contributed by atoms with Crippen LogP contribution in [0.2, 0.25) is 0 Å². The Balaban J connectivity index is 2.10. The maximum absolute atomic E-state index is 12.0. The molecule has 2 unspecified atom stereocenters. The maximum Gasteiger partial charge on any atom is 0.220 e. The van der Waals surface area contributed by atoms with Crippen molar-refractivity contribution in [1.82, 2.24) is 5.32 Å². The van der Waals surface area contributed by atoms with E-state index in [1.807, 2.05) is 0 Å². The van der Waals surface area contributed by atoms with Crippen LogP contribution in [0.4, 0.5) is 0 Å². The second-order valence-electron chi connectivity index (χ2n) is 7.83. The van der Waals surface area contributed by atoms with Crippen LogP contribution in [0.5, 0.6) is 0 Å². The fourth-order valence-corrected chi connectivity index (χ4v) is 3.61. The van der Waals surface area contributed by atoms with Crippen molar-refractivity contribution >= 4 is 5.91 Å². The van der Waals surface area contributed by atoms with Crippen molar-refractivity contribution < 1.29 is 30.3 Å². The van der Waals surface area contributed by atoms with Crippen molar-refractivity contribution in [3.63, 3.8) is 0 Å². The van der Waals surface area contributed by atoms with E-state index >= 15 is 0 Å². The van der Waals surface area contributed by atoms with E-state index in [9.17, 15) is 30.3 Å². The number of unbranched alkanes of at least 4 members (excludes halogenated alkanes) is 10. The van der Waals surface area contributed by atoms with Gasteiger partial charge in [-0.15, -0.1) is 0 Å². The van der Waals surface area contributed by atoms with Gasteiger partial charge < -0.3 is 30.8 Å². The Kier molecular flexibility index (Phi) is 12.1. The highest BCUT2D eigenvalue weighted by Gasteiger charge is 2.48. The molecule has 0 heterocycles. The first kappa shape index (κ1) is 24.3. The zero-order chi connectivity index (χ0) is 20.2. The molecule has 0 bridgehead atoms. The van der Waals surface area contributed by atoms with Crippen molar-refractivity contribution in [2.45, 2.75) is 121 Å². The highest BCUT2D eigenvalue weighted by molar-refractivity contribution is 5.76. The van der Waals surface area contributed by atoms with E-state index in [2.05, 4.69) is 12.2 Å². The summed E-state index contributed by atoms with van der Waals surface area (Å²) in [6.45, 7) is 2.22. The molecule has 0 aromatic rings. The van der Waals surface area contributed by atoms with Gasteiger partial charge in [0.05, 0.1) is 6.04 Å². The number of aliphatic hydroxyl groups is 5. The van der Waals surface area contributed by atoms with Crippen molar-refractivity contribution in [2.24, 2.45) is 0 Å². The molecule has 1 aliphatic rings. The van der Waals surface area contributed by atoms with Gasteiger partial charge in [0.2, 0.25) is 5.91 Å². The molecule has 0 saturated heterocycles. The van der Waals surface area contributed by atoms with Crippen LogP contribution in [0.3, 0.4) is 0 Å². The molecule has 1 amide bonds. The molecule has 6 atom stereocenters. The predicted molar refractivity (Wildman–Crippen MR) is 103 cm³/mol. The second-order valence-corrected chi connectivity index (χ2v) is 7.83. The lowest BCUT2D eigenvalue weighted by Crippen LogP contribution is -2.68. The van der Waals surface area contributed by atoms with Crippen LogP contribution in [0, 0.1) is 0 Å². The lowest BCUT2D eigenvalue weighted by molar-refractivity contribution is -0.191. The van der Waals surface area contributed by atoms with Crippen LogP contribution >= 0.6 is 0 Å². The molecular weight excluding hydrogens is 350 g/mol. The summed E-state index contributed by atoms with van der Waals surface area (Å²) in [5, 5.41) is 51.2. The van der Waals surface area contributed by atoms with E-state index in [0.717, 1.165) is 19.3 Å². The van der Waals surface area contributed by atoms with Gasteiger partial charge in [-0.25, -0.2) is 0 Å². The molecule has 0 radical (unpaired) electrons. The van der Waals surface area contributed by atoms with Crippen molar-refractivity contribution in [3.8, 4) is 0 Å². The van der Waals surface area contributed by atoms with Gasteiger partial charge in [-0.1, -0.05) is 71.1 Å². The number of nitrogens with one attached hydrogen (secondary N) is 1. The van der Waals surface area contributed by atoms with E-state index in [4.69, 9.17) is 0 Å². The summed E-state index contributed by atoms with van der Waals surface area (Å²) in [5.41, 5.74) is 0. The Morgan fingerprint density at radius 2 is 1.00 bits per heavy atom. The van der Waals surface area contributed by atoms with Gasteiger partial charge in [0.15, 0.2) is 0 Å². The second kappa shape index (κ2) is 13.4. The van der Waals surface area contributed by atoms with Gasteiger partial charge >= 0.3 is 0 Å². The minimum absolute atomic E-state index is 0.266. The van der Waals surface area contributed by atoms with Gasteiger partial charge in [0, 0.05) is 6.42 Å². The predicted octanol–water partition coefficient (Wildman–Crippen LogP) is 0.990. The van der Waals surface area contributed by atoms with E-state index in [-0.39, 0.29) is 12.3 Å². The summed E-state index contributed by atoms with van der Waals surface area (Å²) < 4.78 is 0. The number of carbonyl (C=O) groups is 1. The van der Waals surface area contributed by atoms with Crippen LogP contribution in [0.25, 0.3) is 0 Å². The third-order valence-corrected chi connectivity index (χ3v) is 5.47. The van der Waals surface area contributed by atoms with Crippen molar-refractivity contribution in [2.75, 3.05) is 0 Å². The van der Waals surface area contributed by atoms with Gasteiger partial charge in [-0.05, 0) is 6.42 Å². The largest absolute Gasteiger partial charge is 0.388 e. The Labute approximate surface area is 162 Å². The molecule has 7 nitrogen and oxygen atoms in total. The number of aliphatic hydroxyl groups excluding tert-OH is 5. The Morgan fingerprint density at radius 1 is 0.630 bits per heavy atom. The SMILES string of the molecule is CCCCCCCCCCCCCC(=O)NC1[C@@H](O)[C@H](O)C(O)[C@H](O)[C@H]1O. The Hall–Kier alpha value is -0.730. The number of hydrogen-bond acceptors (Lipinski definition) is 6. The monoisotopic (exact) mass is 389 g/mol. The fourth-order valence-electron chi connectivity index (χ4n) is 3.61. The summed E-state index contributed by atoms with van der Waals surface area (Å²) in [5.74, 6) is -0.343. The van der Waals surface area contributed by atoms with Crippen LogP contribution in [0.15, 0.2) is 0 Å². The quantitative estimate of drug-likeness (QED) is 0.261. The van der Waals surface area contributed by atoms with E-state index in [1.54, 1.807) is 0 Å². The third-order valence-electron chi connectivity index (χ3n) is 5.47. The number of rotatable bonds is 13. The average Bonchev–Trinajstić information content (AvgIpc) is 2.66. The zero-order valence-electron chi connectivity index (χ0n) is 16.6. The molecule has 0 aromatic heterocycles. The minimum Gasteiger partial charge on any atom is -0.388 e. The zero-order valence-corrected chi connectivity index (χ0v) is 16.6. The highest BCUT2D eigenvalue weighted by atomic mass is 16.4. The molecule has 7 heteroatoms. The molecule has 0 aromatic carbocycles. The Bertz CT molecular complexity index is 392. The molecular formula is C20H39NO6. The summed E-state index contributed by atoms with van der Waals surface area (Å²) in [7, 11) is 0. The lowest BCUT2D eigenvalue weighted by Gasteiger charge is -2.42. The van der Waals surface area contributed by atoms with Gasteiger partial charge in [-0.3, -0.25) is 4.79 Å². The smallest absolute Gasteiger partial charge is 0.220 e. The topological polar surface area (TPSA) is 130 Å². The summed E-state index contributed by atoms with van der Waals surface area (Å²) in [6, 6.07) is -1.20. The number of amides is 1. The van der Waals surface area contributed by atoms with Gasteiger partial charge in [0.1, 0.15) is 30.5 Å². The molecule has 0 spiro atoms. The van der Waals surface area contributed by atoms with E-state index in [1.165, 1.54) is 51.4 Å². The first-order valence-corrected chi connectivity index (χ1v) is 10.6. The van der Waals surface area contributed by atoms with Crippen LogP contribution in [0.1, 0.15) is 84.0 Å². The lowest BCUT2D eigenvalue weighted by atomic mass is 9.83. The highest BCUT2D eigenvalue weighted by Crippen LogP contribution is 2.22. The first-order valence-electron chi connectivity index (χ1n) is 10.6. The molecule has 160 valence electrons. The summed E-state index contributed by atoms with van der Waals surface area (Å²) >= 11 is 0. The van der Waals surface area contributed by atoms with Crippen LogP contribution in [-0.2, 0) is 4.79 Å². The average molecular weight is 390 g/mol. The molecule has 0 aliphatic heterocycles. The van der Waals surface area contributed by atoms with Crippen LogP contribution in [-0.4, -0.2) is 68.0 Å². The molecule has 1 rings (SSSR count). The van der Waals surface area contributed by atoms with Crippen molar-refractivity contribution in [1.29, 1.82) is 0 Å². The molecule has 1 saturated carbocycles. The first-order chi connectivity index (χ1) is 12.9. The standard InChI is InChI=1S/C20H39NO6/c1-2-3-4-5-6-7-8-9-10-11-12-13-14(22)21-15-16(23)18(25)20(27)19(26)17(15)24/h15-20,23-27H,2-13H2,1H3,(H,21,22)/t15?,16-,17+,18+,19-,20?. The molecule has 27 heavy (non-hydrogen) atoms. The Morgan fingerprint density at radius 3 is 1.44 bits per heavy atom. The van der Waals surface area contributed by atoms with Crippen LogP contribution < -0.4 is 5.32 Å². The normalized spacial score (nSPS) is 31.0. The number of hydrogen-bond donors (Lipinski definition) is 6. The summed E-state index contributed by atoms with van der Waals surface area (Å²) in [6.07, 6.45) is 5.34. The van der Waals surface area contributed by atoms with E-state index < -0.39 is 36.6 Å². The van der Waals surface area contributed by atoms with E-state index in [0.29, 0.717) is 0 Å². The summed E-state index contributed by atoms with van der Waals surface area (Å²) in [4.78, 5) is 12.0. The maximum atomic E-state index is 12.0. The van der Waals surface area contributed by atoms with Gasteiger partial charge in [-0.2, -0.15) is 0 Å². The van der Waals surface area contributed by atoms with Gasteiger partial charge in [0.25, 0.3) is 0 Å². The molecule has 1 aliphatic carbocycles. The molecule has 1 fully saturated rings. The molecule has 6 N–H and O–H groups in total. The number of carbonyl (C=O) groups excluding carboxylic acids is 1. The minimum atomic E-state index is -1.64. The third kappa shape index (κ3) is 8.44. The van der Waals surface area contributed by atoms with Crippen molar-refractivity contribution in [3.05, 3.63) is 0 Å².